The first-order chi connectivity index (χ1) is 18.3. The number of carbonyl (C=O) groups excluding carboxylic acids is 1. The van der Waals surface area contributed by atoms with Crippen molar-refractivity contribution in [2.75, 3.05) is 27.4 Å². The number of carbonyl (C=O) groups is 1. The Balaban J connectivity index is 1.24. The number of hydrogen-bond donors (Lipinski definition) is 5. The normalized spacial score (nSPS) is 10.6. The van der Waals surface area contributed by atoms with Gasteiger partial charge in [-0.2, -0.15) is 9.97 Å². The van der Waals surface area contributed by atoms with Crippen LogP contribution in [0.5, 0.6) is 0 Å². The van der Waals surface area contributed by atoms with Crippen LogP contribution in [-0.4, -0.2) is 25.8 Å². The number of rotatable bonds is 7. The van der Waals surface area contributed by atoms with Crippen LogP contribution in [0.1, 0.15) is 10.4 Å². The molecule has 7 N–H and O–H groups in total. The monoisotopic (exact) mass is 507 g/mol. The molecule has 0 aliphatic rings. The fourth-order valence-electron chi connectivity index (χ4n) is 3.75. The molecule has 188 valence electrons. The van der Waals surface area contributed by atoms with Crippen molar-refractivity contribution in [3.8, 4) is 0 Å². The van der Waals surface area contributed by atoms with Crippen LogP contribution in [0, 0.1) is 10.1 Å². The molecular formula is C26H21N9O3. The first-order valence-corrected chi connectivity index (χ1v) is 11.3. The molecule has 3 aromatic carbocycles. The van der Waals surface area contributed by atoms with Gasteiger partial charge in [0.15, 0.2) is 0 Å². The minimum Gasteiger partial charge on any atom is -0.383 e. The second kappa shape index (κ2) is 10.1. The van der Waals surface area contributed by atoms with E-state index in [-0.39, 0.29) is 23.4 Å². The molecule has 0 fully saturated rings. The van der Waals surface area contributed by atoms with E-state index >= 15 is 0 Å². The van der Waals surface area contributed by atoms with Crippen LogP contribution in [0.3, 0.4) is 0 Å². The second-order valence-electron chi connectivity index (χ2n) is 8.21. The lowest BCUT2D eigenvalue weighted by atomic mass is 10.1. The summed E-state index contributed by atoms with van der Waals surface area (Å²) in [6.45, 7) is 0. The highest BCUT2D eigenvalue weighted by Crippen LogP contribution is 2.29. The summed E-state index contributed by atoms with van der Waals surface area (Å²) in [5, 5.41) is 21.0. The van der Waals surface area contributed by atoms with Gasteiger partial charge in [-0.25, -0.2) is 0 Å². The van der Waals surface area contributed by atoms with E-state index in [1.807, 2.05) is 0 Å². The number of non-ortho nitro benzene ring substituents is 1. The van der Waals surface area contributed by atoms with E-state index in [1.54, 1.807) is 72.9 Å². The van der Waals surface area contributed by atoms with Gasteiger partial charge in [0.25, 0.3) is 11.6 Å². The smallest absolute Gasteiger partial charge is 0.270 e. The van der Waals surface area contributed by atoms with Gasteiger partial charge in [-0.3, -0.25) is 19.9 Å². The van der Waals surface area contributed by atoms with Crippen LogP contribution in [-0.2, 0) is 0 Å². The largest absolute Gasteiger partial charge is 0.383 e. The summed E-state index contributed by atoms with van der Waals surface area (Å²) in [5.41, 5.74) is 15.1. The number of fused-ring (bicyclic) bond motifs is 1. The number of amides is 1. The van der Waals surface area contributed by atoms with Gasteiger partial charge in [-0.05, 0) is 60.7 Å². The van der Waals surface area contributed by atoms with Gasteiger partial charge in [0, 0.05) is 58.1 Å². The van der Waals surface area contributed by atoms with E-state index in [9.17, 15) is 14.9 Å². The van der Waals surface area contributed by atoms with Crippen molar-refractivity contribution in [2.24, 2.45) is 0 Å². The van der Waals surface area contributed by atoms with E-state index in [0.29, 0.717) is 39.3 Å². The van der Waals surface area contributed by atoms with Gasteiger partial charge in [-0.1, -0.05) is 0 Å². The molecule has 5 aromatic rings. The van der Waals surface area contributed by atoms with Gasteiger partial charge in [0.1, 0.15) is 11.6 Å². The average molecular weight is 508 g/mol. The Kier molecular flexibility index (Phi) is 6.34. The van der Waals surface area contributed by atoms with Gasteiger partial charge >= 0.3 is 0 Å². The maximum absolute atomic E-state index is 12.7. The minimum absolute atomic E-state index is 0.0150. The summed E-state index contributed by atoms with van der Waals surface area (Å²) in [7, 11) is 0. The molecule has 0 spiro atoms. The zero-order chi connectivity index (χ0) is 26.6. The van der Waals surface area contributed by atoms with Gasteiger partial charge in [-0.15, -0.1) is 0 Å². The van der Waals surface area contributed by atoms with Crippen molar-refractivity contribution in [1.29, 1.82) is 0 Å². The Morgan fingerprint density at radius 1 is 0.816 bits per heavy atom. The summed E-state index contributed by atoms with van der Waals surface area (Å²) in [6, 6.07) is 21.7. The first kappa shape index (κ1) is 23.9. The Labute approximate surface area is 215 Å². The highest BCUT2D eigenvalue weighted by Gasteiger charge is 2.11. The number of nitro benzene ring substituents is 1. The molecule has 0 aliphatic carbocycles. The van der Waals surface area contributed by atoms with E-state index in [4.69, 9.17) is 11.5 Å². The topological polar surface area (TPSA) is 187 Å². The Hall–Kier alpha value is -5.78. The first-order valence-electron chi connectivity index (χ1n) is 11.3. The Morgan fingerprint density at radius 3 is 2.21 bits per heavy atom. The number of nitrogens with zero attached hydrogens (tertiary/aromatic N) is 4. The van der Waals surface area contributed by atoms with Crippen LogP contribution in [0.25, 0.3) is 10.9 Å². The van der Waals surface area contributed by atoms with Crippen LogP contribution in [0.15, 0.2) is 85.1 Å². The molecule has 2 heterocycles. The molecule has 0 saturated heterocycles. The van der Waals surface area contributed by atoms with E-state index in [1.165, 1.54) is 12.1 Å². The summed E-state index contributed by atoms with van der Waals surface area (Å²) >= 11 is 0. The predicted octanol–water partition coefficient (Wildman–Crippen LogP) is 4.84. The molecule has 12 nitrogen and oxygen atoms in total. The molecule has 1 amide bonds. The standard InChI is InChI=1S/C26H21N9O3/c27-23-14-24(34-26(28)33-23)31-17-3-1-15(2-4-17)25(36)32-18-7-5-16(6-8-18)30-22-11-12-29-21-10-9-19(35(37)38)13-20(21)22/h1-14H,(H,29,30)(H,32,36)(H5,27,28,31,33,34). The van der Waals surface area contributed by atoms with Gasteiger partial charge in [0.05, 0.1) is 10.4 Å². The number of nitrogens with one attached hydrogen (secondary N) is 3. The van der Waals surface area contributed by atoms with Crippen molar-refractivity contribution in [3.05, 3.63) is 101 Å². The van der Waals surface area contributed by atoms with Crippen molar-refractivity contribution in [1.82, 2.24) is 15.0 Å². The lowest BCUT2D eigenvalue weighted by molar-refractivity contribution is -0.384. The Morgan fingerprint density at radius 2 is 1.50 bits per heavy atom. The third-order valence-corrected chi connectivity index (χ3v) is 5.54. The number of nitrogens with two attached hydrogens (primary N) is 2. The molecule has 0 atom stereocenters. The third-order valence-electron chi connectivity index (χ3n) is 5.54. The summed E-state index contributed by atoms with van der Waals surface area (Å²) in [5.74, 6) is 0.470. The average Bonchev–Trinajstić information content (AvgIpc) is 2.89. The highest BCUT2D eigenvalue weighted by molar-refractivity contribution is 6.04. The molecular weight excluding hydrogens is 486 g/mol. The molecule has 0 unspecified atom stereocenters. The fraction of sp³-hybridized carbons (Fsp3) is 0. The predicted molar refractivity (Wildman–Crippen MR) is 147 cm³/mol. The van der Waals surface area contributed by atoms with E-state index in [2.05, 4.69) is 30.9 Å². The third kappa shape index (κ3) is 5.39. The lowest BCUT2D eigenvalue weighted by Crippen LogP contribution is -2.11. The number of aromatic nitrogens is 3. The van der Waals surface area contributed by atoms with Gasteiger partial charge in [0.2, 0.25) is 5.95 Å². The highest BCUT2D eigenvalue weighted by atomic mass is 16.6. The summed E-state index contributed by atoms with van der Waals surface area (Å²) in [4.78, 5) is 35.6. The zero-order valence-electron chi connectivity index (χ0n) is 19.8. The number of pyridine rings is 1. The van der Waals surface area contributed by atoms with Crippen molar-refractivity contribution in [2.45, 2.75) is 0 Å². The van der Waals surface area contributed by atoms with Crippen molar-refractivity contribution in [3.63, 3.8) is 0 Å². The maximum Gasteiger partial charge on any atom is 0.270 e. The molecule has 0 saturated carbocycles. The number of anilines is 7. The second-order valence-corrected chi connectivity index (χ2v) is 8.21. The molecule has 0 bridgehead atoms. The van der Waals surface area contributed by atoms with Crippen LogP contribution < -0.4 is 27.4 Å². The maximum atomic E-state index is 12.7. The molecule has 2 aromatic heterocycles. The van der Waals surface area contributed by atoms with Gasteiger partial charge < -0.3 is 27.4 Å². The molecule has 0 aliphatic heterocycles. The van der Waals surface area contributed by atoms with Crippen LogP contribution in [0.4, 0.5) is 46.0 Å². The SMILES string of the molecule is Nc1cc(Nc2ccc(C(=O)Nc3ccc(Nc4ccnc5ccc([N+](=O)[O-])cc45)cc3)cc2)nc(N)n1. The minimum atomic E-state index is -0.442. The summed E-state index contributed by atoms with van der Waals surface area (Å²) in [6.07, 6.45) is 1.63. The number of benzene rings is 3. The number of nitro groups is 1. The number of nitrogen functional groups attached to an aromatic ring is 2. The quantitative estimate of drug-likeness (QED) is 0.151. The fourth-order valence-corrected chi connectivity index (χ4v) is 3.75. The van der Waals surface area contributed by atoms with Crippen molar-refractivity contribution < 1.29 is 9.72 Å². The van der Waals surface area contributed by atoms with Crippen LogP contribution >= 0.6 is 0 Å². The molecule has 0 radical (unpaired) electrons. The van der Waals surface area contributed by atoms with Crippen LogP contribution in [0.2, 0.25) is 0 Å². The van der Waals surface area contributed by atoms with E-state index < -0.39 is 4.92 Å². The molecule has 5 rings (SSSR count). The Bertz CT molecular complexity index is 1640. The van der Waals surface area contributed by atoms with E-state index in [0.717, 1.165) is 5.69 Å². The van der Waals surface area contributed by atoms with Crippen molar-refractivity contribution >= 4 is 62.8 Å². The summed E-state index contributed by atoms with van der Waals surface area (Å²) < 4.78 is 0. The molecule has 38 heavy (non-hydrogen) atoms. The number of hydrogen-bond acceptors (Lipinski definition) is 10. The molecule has 12 heteroatoms. The lowest BCUT2D eigenvalue weighted by Gasteiger charge is -2.11. The zero-order valence-corrected chi connectivity index (χ0v) is 19.8.